The topological polar surface area (TPSA) is 48.1 Å². The van der Waals surface area contributed by atoms with Gasteiger partial charge < -0.3 is 10.5 Å². The third kappa shape index (κ3) is 4.67. The maximum absolute atomic E-state index is 6.18. The van der Waals surface area contributed by atoms with Gasteiger partial charge >= 0.3 is 0 Å². The van der Waals surface area contributed by atoms with E-state index in [-0.39, 0.29) is 6.04 Å². The Balaban J connectivity index is 1.73. The minimum absolute atomic E-state index is 0.189. The molecule has 3 nitrogen and oxygen atoms in total. The summed E-state index contributed by atoms with van der Waals surface area (Å²) in [6.45, 7) is 0. The Morgan fingerprint density at radius 3 is 2.55 bits per heavy atom. The fraction of sp³-hybridized carbons (Fsp3) is 0.353. The zero-order chi connectivity index (χ0) is 14.2. The van der Waals surface area contributed by atoms with Crippen molar-refractivity contribution in [2.24, 2.45) is 5.73 Å². The number of rotatable bonds is 7. The number of benzene rings is 1. The summed E-state index contributed by atoms with van der Waals surface area (Å²) in [5.41, 5.74) is 8.73. The molecule has 0 amide bonds. The van der Waals surface area contributed by atoms with E-state index in [1.807, 2.05) is 24.4 Å². The van der Waals surface area contributed by atoms with Gasteiger partial charge in [0.2, 0.25) is 5.88 Å². The molecule has 1 unspecified atom stereocenters. The summed E-state index contributed by atoms with van der Waals surface area (Å²) >= 11 is 0. The minimum Gasteiger partial charge on any atom is -0.481 e. The third-order valence-electron chi connectivity index (χ3n) is 3.39. The molecule has 1 atom stereocenters. The van der Waals surface area contributed by atoms with Crippen LogP contribution in [-0.4, -0.2) is 18.1 Å². The Morgan fingerprint density at radius 1 is 1.10 bits per heavy atom. The van der Waals surface area contributed by atoms with E-state index >= 15 is 0 Å². The van der Waals surface area contributed by atoms with E-state index in [0.29, 0.717) is 5.88 Å². The van der Waals surface area contributed by atoms with Crippen LogP contribution in [0.1, 0.15) is 24.0 Å². The number of aromatic nitrogens is 1. The molecule has 2 aromatic rings. The molecule has 0 fully saturated rings. The Labute approximate surface area is 120 Å². The number of hydrogen-bond acceptors (Lipinski definition) is 3. The van der Waals surface area contributed by atoms with E-state index in [1.165, 1.54) is 5.56 Å². The van der Waals surface area contributed by atoms with Crippen LogP contribution in [0.5, 0.6) is 5.88 Å². The molecule has 0 saturated heterocycles. The zero-order valence-electron chi connectivity index (χ0n) is 12.0. The van der Waals surface area contributed by atoms with Gasteiger partial charge in [-0.2, -0.15) is 0 Å². The largest absolute Gasteiger partial charge is 0.481 e. The maximum atomic E-state index is 6.18. The highest BCUT2D eigenvalue weighted by Crippen LogP contribution is 2.11. The van der Waals surface area contributed by atoms with Crippen molar-refractivity contribution in [2.45, 2.75) is 31.7 Å². The van der Waals surface area contributed by atoms with Gasteiger partial charge in [-0.15, -0.1) is 0 Å². The summed E-state index contributed by atoms with van der Waals surface area (Å²) in [5, 5.41) is 0. The lowest BCUT2D eigenvalue weighted by Gasteiger charge is -2.11. The van der Waals surface area contributed by atoms with Crippen LogP contribution in [0.4, 0.5) is 0 Å². The molecule has 2 rings (SSSR count). The van der Waals surface area contributed by atoms with E-state index in [0.717, 1.165) is 31.2 Å². The average Bonchev–Trinajstić information content (AvgIpc) is 2.49. The second-order valence-electron chi connectivity index (χ2n) is 5.05. The van der Waals surface area contributed by atoms with Crippen molar-refractivity contribution in [1.29, 1.82) is 0 Å². The second-order valence-corrected chi connectivity index (χ2v) is 5.05. The molecule has 20 heavy (non-hydrogen) atoms. The molecule has 1 aromatic heterocycles. The average molecular weight is 270 g/mol. The van der Waals surface area contributed by atoms with Crippen molar-refractivity contribution in [1.82, 2.24) is 4.98 Å². The first-order valence-electron chi connectivity index (χ1n) is 7.06. The van der Waals surface area contributed by atoms with Crippen molar-refractivity contribution in [3.8, 4) is 5.88 Å². The maximum Gasteiger partial charge on any atom is 0.212 e. The van der Waals surface area contributed by atoms with Gasteiger partial charge in [-0.3, -0.25) is 0 Å². The van der Waals surface area contributed by atoms with Crippen LogP contribution in [0.3, 0.4) is 0 Å². The molecule has 0 aliphatic rings. The Bertz CT molecular complexity index is 496. The number of hydrogen-bond donors (Lipinski definition) is 1. The predicted octanol–water partition coefficient (Wildman–Crippen LogP) is 2.98. The SMILES string of the molecule is COc1ccc(CC(N)CCCc2ccccc2)cn1. The van der Waals surface area contributed by atoms with Gasteiger partial charge in [-0.1, -0.05) is 36.4 Å². The van der Waals surface area contributed by atoms with E-state index in [9.17, 15) is 0 Å². The lowest BCUT2D eigenvalue weighted by Crippen LogP contribution is -2.22. The molecule has 3 heteroatoms. The molecule has 0 aliphatic heterocycles. The van der Waals surface area contributed by atoms with E-state index in [2.05, 4.69) is 29.2 Å². The number of nitrogens with zero attached hydrogens (tertiary/aromatic N) is 1. The lowest BCUT2D eigenvalue weighted by atomic mass is 10.0. The van der Waals surface area contributed by atoms with Gasteiger partial charge in [-0.25, -0.2) is 4.98 Å². The van der Waals surface area contributed by atoms with Gasteiger partial charge in [0.05, 0.1) is 7.11 Å². The minimum atomic E-state index is 0.189. The van der Waals surface area contributed by atoms with Gasteiger partial charge in [-0.05, 0) is 36.8 Å². The Kier molecular flexibility index (Phi) is 5.56. The van der Waals surface area contributed by atoms with E-state index < -0.39 is 0 Å². The van der Waals surface area contributed by atoms with Crippen molar-refractivity contribution in [3.05, 3.63) is 59.8 Å². The predicted molar refractivity (Wildman–Crippen MR) is 81.8 cm³/mol. The van der Waals surface area contributed by atoms with Crippen molar-refractivity contribution < 1.29 is 4.74 Å². The van der Waals surface area contributed by atoms with Crippen molar-refractivity contribution >= 4 is 0 Å². The van der Waals surface area contributed by atoms with Crippen LogP contribution in [0, 0.1) is 0 Å². The number of nitrogens with two attached hydrogens (primary N) is 1. The molecule has 0 aliphatic carbocycles. The first kappa shape index (κ1) is 14.5. The first-order valence-corrected chi connectivity index (χ1v) is 7.06. The zero-order valence-corrected chi connectivity index (χ0v) is 12.0. The summed E-state index contributed by atoms with van der Waals surface area (Å²) < 4.78 is 5.05. The quantitative estimate of drug-likeness (QED) is 0.841. The number of methoxy groups -OCH3 is 1. The molecular weight excluding hydrogens is 248 g/mol. The smallest absolute Gasteiger partial charge is 0.212 e. The van der Waals surface area contributed by atoms with Crippen LogP contribution in [0.2, 0.25) is 0 Å². The van der Waals surface area contributed by atoms with E-state index in [4.69, 9.17) is 10.5 Å². The fourth-order valence-electron chi connectivity index (χ4n) is 2.27. The van der Waals surface area contributed by atoms with Crippen LogP contribution in [0.15, 0.2) is 48.7 Å². The molecule has 0 spiro atoms. The van der Waals surface area contributed by atoms with Gasteiger partial charge in [0.25, 0.3) is 0 Å². The monoisotopic (exact) mass is 270 g/mol. The highest BCUT2D eigenvalue weighted by atomic mass is 16.5. The van der Waals surface area contributed by atoms with Crippen LogP contribution in [0.25, 0.3) is 0 Å². The van der Waals surface area contributed by atoms with Crippen molar-refractivity contribution in [2.75, 3.05) is 7.11 Å². The summed E-state index contributed by atoms with van der Waals surface area (Å²) in [6, 6.07) is 14.6. The van der Waals surface area contributed by atoms with Gasteiger partial charge in [0.1, 0.15) is 0 Å². The third-order valence-corrected chi connectivity index (χ3v) is 3.39. The molecule has 0 bridgehead atoms. The number of aryl methyl sites for hydroxylation is 1. The van der Waals surface area contributed by atoms with Crippen LogP contribution in [-0.2, 0) is 12.8 Å². The summed E-state index contributed by atoms with van der Waals surface area (Å²) in [5.74, 6) is 0.645. The highest BCUT2D eigenvalue weighted by Gasteiger charge is 2.05. The Hall–Kier alpha value is -1.87. The highest BCUT2D eigenvalue weighted by molar-refractivity contribution is 5.18. The lowest BCUT2D eigenvalue weighted by molar-refractivity contribution is 0.397. The molecule has 106 valence electrons. The summed E-state index contributed by atoms with van der Waals surface area (Å²) in [6.07, 6.45) is 5.95. The molecule has 0 saturated carbocycles. The van der Waals surface area contributed by atoms with Gasteiger partial charge in [0, 0.05) is 18.3 Å². The Morgan fingerprint density at radius 2 is 1.90 bits per heavy atom. The first-order chi connectivity index (χ1) is 9.78. The molecular formula is C17H22N2O. The summed E-state index contributed by atoms with van der Waals surface area (Å²) in [7, 11) is 1.62. The van der Waals surface area contributed by atoms with Gasteiger partial charge in [0.15, 0.2) is 0 Å². The molecule has 2 N–H and O–H groups in total. The van der Waals surface area contributed by atoms with Crippen molar-refractivity contribution in [3.63, 3.8) is 0 Å². The van der Waals surface area contributed by atoms with Crippen LogP contribution < -0.4 is 10.5 Å². The molecule has 1 heterocycles. The standard InChI is InChI=1S/C17H22N2O/c1-20-17-11-10-15(13-19-17)12-16(18)9-5-8-14-6-3-2-4-7-14/h2-4,6-7,10-11,13,16H,5,8-9,12,18H2,1H3. The normalized spacial score (nSPS) is 12.1. The summed E-state index contributed by atoms with van der Waals surface area (Å²) in [4.78, 5) is 4.20. The molecule has 1 aromatic carbocycles. The second kappa shape index (κ2) is 7.65. The number of pyridine rings is 1. The van der Waals surface area contributed by atoms with E-state index in [1.54, 1.807) is 7.11 Å². The molecule has 0 radical (unpaired) electrons. The fourth-order valence-corrected chi connectivity index (χ4v) is 2.27. The number of ether oxygens (including phenoxy) is 1. The van der Waals surface area contributed by atoms with Crippen LogP contribution >= 0.6 is 0 Å².